The van der Waals surface area contributed by atoms with Gasteiger partial charge in [0.1, 0.15) is 0 Å². The first-order valence-electron chi connectivity index (χ1n) is 8.24. The summed E-state index contributed by atoms with van der Waals surface area (Å²) in [5, 5.41) is 21.3. The summed E-state index contributed by atoms with van der Waals surface area (Å²) in [5.41, 5.74) is 0.459. The van der Waals surface area contributed by atoms with Gasteiger partial charge in [-0.1, -0.05) is 72.5 Å². The van der Waals surface area contributed by atoms with E-state index in [4.69, 9.17) is 0 Å². The Kier molecular flexibility index (Phi) is 5.49. The van der Waals surface area contributed by atoms with Crippen LogP contribution in [0.25, 0.3) is 0 Å². The van der Waals surface area contributed by atoms with E-state index < -0.39 is 23.0 Å². The number of hydrogen-bond acceptors (Lipinski definition) is 2. The minimum absolute atomic E-state index is 0.616. The van der Waals surface area contributed by atoms with Crippen molar-refractivity contribution in [1.82, 2.24) is 0 Å². The Morgan fingerprint density at radius 2 is 0.917 bits per heavy atom. The monoisotopic (exact) mass is 322 g/mol. The number of benzene rings is 2. The van der Waals surface area contributed by atoms with Gasteiger partial charge in [-0.15, -0.1) is 0 Å². The molecule has 2 nitrogen and oxygen atoms in total. The molecule has 0 saturated heterocycles. The molecule has 126 valence electrons. The fourth-order valence-electron chi connectivity index (χ4n) is 2.56. The molecule has 0 fully saturated rings. The van der Waals surface area contributed by atoms with Crippen LogP contribution >= 0.6 is 0 Å². The molecule has 2 atom stereocenters. The van der Waals surface area contributed by atoms with E-state index in [0.29, 0.717) is 0 Å². The molecule has 0 heterocycles. The minimum Gasteiger partial charge on any atom is -0.387 e. The molecule has 0 unspecified atom stereocenters. The fraction of sp³-hybridized carbons (Fsp3) is 0.364. The highest BCUT2D eigenvalue weighted by Crippen LogP contribution is 2.36. The molecule has 2 N–H and O–H groups in total. The van der Waals surface area contributed by atoms with Gasteiger partial charge in [-0.25, -0.2) is 0 Å². The normalized spacial score (nSPS) is 14.4. The minimum atomic E-state index is -0.684. The average Bonchev–Trinajstić information content (AvgIpc) is 2.60. The standard InChI is InChI=1S/C22H26O2/c1-21(2,19(23)17-11-7-5-8-12-17)15-16-22(3,4)20(24)18-13-9-6-10-14-18/h5-14,19-20,23-24H,1-4H3/t19-,20+. The lowest BCUT2D eigenvalue weighted by Crippen LogP contribution is -2.24. The molecular weight excluding hydrogens is 296 g/mol. The van der Waals surface area contributed by atoms with Crippen molar-refractivity contribution >= 4 is 0 Å². The first-order chi connectivity index (χ1) is 11.2. The van der Waals surface area contributed by atoms with E-state index in [-0.39, 0.29) is 0 Å². The number of aliphatic hydroxyl groups is 2. The molecule has 0 aromatic heterocycles. The van der Waals surface area contributed by atoms with Gasteiger partial charge < -0.3 is 10.2 Å². The molecule has 2 aromatic rings. The molecule has 0 aliphatic carbocycles. The number of aliphatic hydroxyl groups excluding tert-OH is 2. The smallest absolute Gasteiger partial charge is 0.0950 e. The fourth-order valence-corrected chi connectivity index (χ4v) is 2.56. The van der Waals surface area contributed by atoms with Crippen molar-refractivity contribution in [3.8, 4) is 11.8 Å². The zero-order chi connectivity index (χ0) is 17.8. The predicted octanol–water partition coefficient (Wildman–Crippen LogP) is 4.51. The third-order valence-electron chi connectivity index (χ3n) is 4.30. The molecule has 0 aliphatic rings. The van der Waals surface area contributed by atoms with Crippen molar-refractivity contribution in [2.45, 2.75) is 39.9 Å². The lowest BCUT2D eigenvalue weighted by molar-refractivity contribution is 0.0813. The van der Waals surface area contributed by atoms with Crippen LogP contribution in [0.1, 0.15) is 51.0 Å². The van der Waals surface area contributed by atoms with Gasteiger partial charge in [0.05, 0.1) is 23.0 Å². The van der Waals surface area contributed by atoms with E-state index in [0.717, 1.165) is 11.1 Å². The Labute approximate surface area is 145 Å². The summed E-state index contributed by atoms with van der Waals surface area (Å²) in [4.78, 5) is 0. The van der Waals surface area contributed by atoms with Gasteiger partial charge in [-0.3, -0.25) is 0 Å². The van der Waals surface area contributed by atoms with E-state index in [1.54, 1.807) is 0 Å². The zero-order valence-corrected chi connectivity index (χ0v) is 14.8. The van der Waals surface area contributed by atoms with Crippen LogP contribution in [0.3, 0.4) is 0 Å². The molecule has 2 heteroatoms. The Bertz CT molecular complexity index is 644. The molecule has 2 aromatic carbocycles. The van der Waals surface area contributed by atoms with Crippen LogP contribution in [0.5, 0.6) is 0 Å². The molecule has 0 radical (unpaired) electrons. The molecule has 2 rings (SSSR count). The second-order valence-corrected chi connectivity index (χ2v) is 7.32. The van der Waals surface area contributed by atoms with Gasteiger partial charge in [-0.05, 0) is 38.8 Å². The van der Waals surface area contributed by atoms with Crippen LogP contribution in [0.15, 0.2) is 60.7 Å². The number of hydrogen-bond donors (Lipinski definition) is 2. The number of rotatable bonds is 4. The van der Waals surface area contributed by atoms with Crippen molar-refractivity contribution in [3.63, 3.8) is 0 Å². The average molecular weight is 322 g/mol. The van der Waals surface area contributed by atoms with Crippen LogP contribution < -0.4 is 0 Å². The third kappa shape index (κ3) is 4.26. The highest BCUT2D eigenvalue weighted by Gasteiger charge is 2.30. The van der Waals surface area contributed by atoms with Crippen molar-refractivity contribution in [2.24, 2.45) is 10.8 Å². The molecular formula is C22H26O2. The van der Waals surface area contributed by atoms with Gasteiger partial charge in [0.25, 0.3) is 0 Å². The quantitative estimate of drug-likeness (QED) is 0.813. The van der Waals surface area contributed by atoms with Crippen molar-refractivity contribution in [3.05, 3.63) is 71.8 Å². The Morgan fingerprint density at radius 3 is 1.21 bits per heavy atom. The molecule has 0 saturated carbocycles. The van der Waals surface area contributed by atoms with E-state index in [1.807, 2.05) is 88.4 Å². The highest BCUT2D eigenvalue weighted by molar-refractivity contribution is 5.28. The summed E-state index contributed by atoms with van der Waals surface area (Å²) >= 11 is 0. The predicted molar refractivity (Wildman–Crippen MR) is 98.1 cm³/mol. The summed E-state index contributed by atoms with van der Waals surface area (Å²) in [5.74, 6) is 6.38. The largest absolute Gasteiger partial charge is 0.387 e. The van der Waals surface area contributed by atoms with Gasteiger partial charge in [0.2, 0.25) is 0 Å². The van der Waals surface area contributed by atoms with Crippen molar-refractivity contribution in [2.75, 3.05) is 0 Å². The molecule has 24 heavy (non-hydrogen) atoms. The summed E-state index contributed by atoms with van der Waals surface area (Å²) in [7, 11) is 0. The van der Waals surface area contributed by atoms with Crippen molar-refractivity contribution in [1.29, 1.82) is 0 Å². The van der Waals surface area contributed by atoms with Gasteiger partial charge in [0, 0.05) is 0 Å². The van der Waals surface area contributed by atoms with Crippen LogP contribution in [-0.2, 0) is 0 Å². The van der Waals surface area contributed by atoms with Crippen LogP contribution in [0.4, 0.5) is 0 Å². The molecule has 0 spiro atoms. The lowest BCUT2D eigenvalue weighted by Gasteiger charge is -2.29. The lowest BCUT2D eigenvalue weighted by atomic mass is 9.79. The second kappa shape index (κ2) is 7.21. The maximum Gasteiger partial charge on any atom is 0.0950 e. The van der Waals surface area contributed by atoms with Crippen molar-refractivity contribution < 1.29 is 10.2 Å². The summed E-state index contributed by atoms with van der Waals surface area (Å²) in [6, 6.07) is 19.1. The van der Waals surface area contributed by atoms with Crippen LogP contribution in [0, 0.1) is 22.7 Å². The first kappa shape index (κ1) is 18.3. The maximum absolute atomic E-state index is 10.6. The van der Waals surface area contributed by atoms with Gasteiger partial charge in [-0.2, -0.15) is 0 Å². The SMILES string of the molecule is CC(C)(C#CC(C)(C)[C@@H](O)c1ccccc1)[C@H](O)c1ccccc1. The zero-order valence-electron chi connectivity index (χ0n) is 14.8. The highest BCUT2D eigenvalue weighted by atomic mass is 16.3. The Morgan fingerprint density at radius 1 is 0.625 bits per heavy atom. The summed E-state index contributed by atoms with van der Waals surface area (Å²) in [6.45, 7) is 7.68. The van der Waals surface area contributed by atoms with Gasteiger partial charge in [0.15, 0.2) is 0 Å². The van der Waals surface area contributed by atoms with E-state index in [9.17, 15) is 10.2 Å². The summed E-state index contributed by atoms with van der Waals surface area (Å²) in [6.07, 6.45) is -1.37. The Hall–Kier alpha value is -2.08. The van der Waals surface area contributed by atoms with Crippen LogP contribution in [-0.4, -0.2) is 10.2 Å². The van der Waals surface area contributed by atoms with E-state index in [1.165, 1.54) is 0 Å². The maximum atomic E-state index is 10.6. The topological polar surface area (TPSA) is 40.5 Å². The molecule has 0 bridgehead atoms. The summed E-state index contributed by atoms with van der Waals surface area (Å²) < 4.78 is 0. The molecule has 0 amide bonds. The van der Waals surface area contributed by atoms with Gasteiger partial charge >= 0.3 is 0 Å². The first-order valence-corrected chi connectivity index (χ1v) is 8.24. The van der Waals surface area contributed by atoms with E-state index >= 15 is 0 Å². The van der Waals surface area contributed by atoms with E-state index in [2.05, 4.69) is 11.8 Å². The second-order valence-electron chi connectivity index (χ2n) is 7.32. The third-order valence-corrected chi connectivity index (χ3v) is 4.30. The molecule has 0 aliphatic heterocycles. The Balaban J connectivity index is 2.22. The van der Waals surface area contributed by atoms with Crippen LogP contribution in [0.2, 0.25) is 0 Å².